The predicted molar refractivity (Wildman–Crippen MR) is 50.1 cm³/mol. The van der Waals surface area contributed by atoms with E-state index >= 15 is 0 Å². The Kier molecular flexibility index (Phi) is 4.81. The first-order valence-electron chi connectivity index (χ1n) is 4.88. The number of alkyl halides is 3. The van der Waals surface area contributed by atoms with Crippen molar-refractivity contribution in [3.05, 3.63) is 0 Å². The van der Waals surface area contributed by atoms with Gasteiger partial charge in [-0.25, -0.2) is 4.79 Å². The second kappa shape index (κ2) is 5.90. The highest BCUT2D eigenvalue weighted by Crippen LogP contribution is 2.11. The molecule has 5 nitrogen and oxygen atoms in total. The van der Waals surface area contributed by atoms with E-state index < -0.39 is 18.8 Å². The summed E-state index contributed by atoms with van der Waals surface area (Å²) in [4.78, 5) is 10.9. The summed E-state index contributed by atoms with van der Waals surface area (Å²) in [7, 11) is 0. The van der Waals surface area contributed by atoms with Crippen LogP contribution in [0.2, 0.25) is 0 Å². The second-order valence-corrected chi connectivity index (χ2v) is 3.38. The third kappa shape index (κ3) is 5.76. The molecule has 0 aliphatic carbocycles. The van der Waals surface area contributed by atoms with Crippen LogP contribution in [0.4, 0.5) is 18.0 Å². The van der Waals surface area contributed by atoms with Gasteiger partial charge in [-0.05, 0) is 0 Å². The fourth-order valence-electron chi connectivity index (χ4n) is 1.20. The Morgan fingerprint density at radius 2 is 2.19 bits per heavy atom. The highest BCUT2D eigenvalue weighted by atomic mass is 19.4. The zero-order chi connectivity index (χ0) is 12.0. The van der Waals surface area contributed by atoms with Crippen LogP contribution < -0.4 is 16.0 Å². The molecule has 16 heavy (non-hydrogen) atoms. The van der Waals surface area contributed by atoms with E-state index in [0.29, 0.717) is 13.2 Å². The van der Waals surface area contributed by atoms with Crippen molar-refractivity contribution < 1.29 is 22.7 Å². The number of carbonyl (C=O) groups excluding carboxylic acids is 1. The molecular formula is C8H14F3N3O2. The molecule has 1 rings (SSSR count). The summed E-state index contributed by atoms with van der Waals surface area (Å²) in [6, 6.07) is -0.841. The van der Waals surface area contributed by atoms with Crippen molar-refractivity contribution in [2.45, 2.75) is 12.3 Å². The van der Waals surface area contributed by atoms with Gasteiger partial charge in [-0.2, -0.15) is 13.2 Å². The van der Waals surface area contributed by atoms with Crippen molar-refractivity contribution in [1.29, 1.82) is 0 Å². The smallest absolute Gasteiger partial charge is 0.374 e. The summed E-state index contributed by atoms with van der Waals surface area (Å²) in [6.07, 6.45) is -4.58. The van der Waals surface area contributed by atoms with E-state index in [-0.39, 0.29) is 12.6 Å². The minimum atomic E-state index is -4.39. The molecule has 1 atom stereocenters. The van der Waals surface area contributed by atoms with Crippen LogP contribution in [-0.4, -0.2) is 51.1 Å². The summed E-state index contributed by atoms with van der Waals surface area (Å²) < 4.78 is 40.4. The largest absolute Gasteiger partial charge is 0.405 e. The highest BCUT2D eigenvalue weighted by Gasteiger charge is 2.27. The lowest BCUT2D eigenvalue weighted by Crippen LogP contribution is -2.48. The fourth-order valence-corrected chi connectivity index (χ4v) is 1.20. The van der Waals surface area contributed by atoms with Gasteiger partial charge in [-0.3, -0.25) is 0 Å². The van der Waals surface area contributed by atoms with Crippen molar-refractivity contribution in [3.8, 4) is 0 Å². The Balaban J connectivity index is 2.09. The third-order valence-electron chi connectivity index (χ3n) is 1.94. The van der Waals surface area contributed by atoms with E-state index in [9.17, 15) is 18.0 Å². The molecule has 94 valence electrons. The van der Waals surface area contributed by atoms with E-state index in [1.165, 1.54) is 0 Å². The molecule has 0 radical (unpaired) electrons. The summed E-state index contributed by atoms with van der Waals surface area (Å²) in [6.45, 7) is 0.728. The van der Waals surface area contributed by atoms with E-state index in [4.69, 9.17) is 4.74 Å². The minimum absolute atomic E-state index is 0.189. The molecular weight excluding hydrogens is 227 g/mol. The van der Waals surface area contributed by atoms with Gasteiger partial charge in [0.05, 0.1) is 12.7 Å². The van der Waals surface area contributed by atoms with Gasteiger partial charge < -0.3 is 20.7 Å². The predicted octanol–water partition coefficient (Wildman–Crippen LogP) is -0.164. The van der Waals surface area contributed by atoms with E-state index in [1.54, 1.807) is 5.32 Å². The Hall–Kier alpha value is -1.02. The molecule has 1 unspecified atom stereocenters. The van der Waals surface area contributed by atoms with Crippen LogP contribution in [0.3, 0.4) is 0 Å². The maximum atomic E-state index is 11.7. The van der Waals surface area contributed by atoms with Crippen LogP contribution >= 0.6 is 0 Å². The van der Waals surface area contributed by atoms with Gasteiger partial charge in [-0.15, -0.1) is 0 Å². The van der Waals surface area contributed by atoms with Gasteiger partial charge in [0.25, 0.3) is 0 Å². The Labute approximate surface area is 90.7 Å². The molecule has 0 aromatic heterocycles. The maximum Gasteiger partial charge on any atom is 0.405 e. The summed E-state index contributed by atoms with van der Waals surface area (Å²) in [5, 5.41) is 7.06. The Bertz CT molecular complexity index is 229. The number of carbonyl (C=O) groups is 1. The van der Waals surface area contributed by atoms with Gasteiger partial charge in [0, 0.05) is 19.6 Å². The summed E-state index contributed by atoms with van der Waals surface area (Å²) in [5.74, 6) is 0. The molecule has 0 aromatic carbocycles. The van der Waals surface area contributed by atoms with Crippen molar-refractivity contribution in [2.24, 2.45) is 0 Å². The summed E-state index contributed by atoms with van der Waals surface area (Å²) in [5.41, 5.74) is 0. The number of hydrogen-bond acceptors (Lipinski definition) is 3. The van der Waals surface area contributed by atoms with E-state index in [0.717, 1.165) is 6.54 Å². The zero-order valence-corrected chi connectivity index (χ0v) is 8.56. The molecule has 1 fully saturated rings. The van der Waals surface area contributed by atoms with Crippen LogP contribution in [0.1, 0.15) is 0 Å². The molecule has 0 saturated carbocycles. The average Bonchev–Trinajstić information content (AvgIpc) is 2.24. The lowest BCUT2D eigenvalue weighted by atomic mass is 10.3. The van der Waals surface area contributed by atoms with Crippen molar-refractivity contribution in [1.82, 2.24) is 16.0 Å². The molecule has 0 spiro atoms. The monoisotopic (exact) mass is 241 g/mol. The molecule has 0 aromatic rings. The van der Waals surface area contributed by atoms with Gasteiger partial charge in [-0.1, -0.05) is 0 Å². The maximum absolute atomic E-state index is 11.7. The fraction of sp³-hybridized carbons (Fsp3) is 0.875. The lowest BCUT2D eigenvalue weighted by Gasteiger charge is -2.23. The van der Waals surface area contributed by atoms with Crippen LogP contribution in [0.5, 0.6) is 0 Å². The SMILES string of the molecule is O=C(NCC1CNCCO1)NCC(F)(F)F. The standard InChI is InChI=1S/C8H14F3N3O2/c9-8(10,11)5-14-7(15)13-4-6-3-12-1-2-16-6/h6,12H,1-5H2,(H2,13,14,15). The number of nitrogens with one attached hydrogen (secondary N) is 3. The second-order valence-electron chi connectivity index (χ2n) is 3.38. The quantitative estimate of drug-likeness (QED) is 0.643. The van der Waals surface area contributed by atoms with E-state index in [1.807, 2.05) is 0 Å². The molecule has 1 heterocycles. The number of morpholine rings is 1. The molecule has 1 aliphatic heterocycles. The minimum Gasteiger partial charge on any atom is -0.374 e. The molecule has 8 heteroatoms. The van der Waals surface area contributed by atoms with Crippen LogP contribution in [0, 0.1) is 0 Å². The first-order valence-corrected chi connectivity index (χ1v) is 4.88. The van der Waals surface area contributed by atoms with E-state index in [2.05, 4.69) is 10.6 Å². The van der Waals surface area contributed by atoms with Crippen LogP contribution in [0.15, 0.2) is 0 Å². The first kappa shape index (κ1) is 13.0. The number of ether oxygens (including phenoxy) is 1. The molecule has 1 saturated heterocycles. The summed E-state index contributed by atoms with van der Waals surface area (Å²) >= 11 is 0. The number of amides is 2. The average molecular weight is 241 g/mol. The molecule has 2 amide bonds. The molecule has 0 bridgehead atoms. The van der Waals surface area contributed by atoms with Gasteiger partial charge in [0.1, 0.15) is 6.54 Å². The lowest BCUT2D eigenvalue weighted by molar-refractivity contribution is -0.122. The van der Waals surface area contributed by atoms with Crippen molar-refractivity contribution in [2.75, 3.05) is 32.8 Å². The normalized spacial score (nSPS) is 21.6. The zero-order valence-electron chi connectivity index (χ0n) is 8.56. The third-order valence-corrected chi connectivity index (χ3v) is 1.94. The van der Waals surface area contributed by atoms with Crippen molar-refractivity contribution in [3.63, 3.8) is 0 Å². The number of halogens is 3. The Morgan fingerprint density at radius 3 is 2.75 bits per heavy atom. The number of urea groups is 1. The molecule has 3 N–H and O–H groups in total. The number of hydrogen-bond donors (Lipinski definition) is 3. The van der Waals surface area contributed by atoms with Gasteiger partial charge in [0.15, 0.2) is 0 Å². The van der Waals surface area contributed by atoms with Crippen LogP contribution in [0.25, 0.3) is 0 Å². The van der Waals surface area contributed by atoms with Crippen molar-refractivity contribution >= 4 is 6.03 Å². The highest BCUT2D eigenvalue weighted by molar-refractivity contribution is 5.73. The number of rotatable bonds is 3. The van der Waals surface area contributed by atoms with Gasteiger partial charge in [0.2, 0.25) is 0 Å². The topological polar surface area (TPSA) is 62.4 Å². The molecule has 1 aliphatic rings. The first-order chi connectivity index (χ1) is 7.47. The van der Waals surface area contributed by atoms with Gasteiger partial charge >= 0.3 is 12.2 Å². The van der Waals surface area contributed by atoms with Crippen LogP contribution in [-0.2, 0) is 4.74 Å². The Morgan fingerprint density at radius 1 is 1.44 bits per heavy atom.